The number of benzene rings is 1. The Morgan fingerprint density at radius 3 is 2.33 bits per heavy atom. The predicted molar refractivity (Wildman–Crippen MR) is 85.5 cm³/mol. The van der Waals surface area contributed by atoms with E-state index in [1.165, 1.54) is 18.4 Å². The monoisotopic (exact) mass is 309 g/mol. The van der Waals surface area contributed by atoms with Gasteiger partial charge in [-0.15, -0.1) is 0 Å². The van der Waals surface area contributed by atoms with Gasteiger partial charge in [0, 0.05) is 17.5 Å². The summed E-state index contributed by atoms with van der Waals surface area (Å²) in [5.74, 6) is 1.85. The molecular formula is C17H24ClNO2. The molecule has 1 aromatic carbocycles. The van der Waals surface area contributed by atoms with E-state index in [0.29, 0.717) is 29.9 Å². The Hall–Kier alpha value is -0.930. The fraction of sp³-hybridized carbons (Fsp3) is 0.647. The van der Waals surface area contributed by atoms with Crippen LogP contribution in [-0.2, 0) is 5.54 Å². The maximum atomic E-state index is 6.71. The van der Waals surface area contributed by atoms with Crippen molar-refractivity contribution in [1.29, 1.82) is 0 Å². The highest BCUT2D eigenvalue weighted by Gasteiger charge is 2.37. The summed E-state index contributed by atoms with van der Waals surface area (Å²) in [6.07, 6.45) is 5.28. The van der Waals surface area contributed by atoms with Crippen molar-refractivity contribution in [2.45, 2.75) is 57.4 Å². The fourth-order valence-corrected chi connectivity index (χ4v) is 3.82. The van der Waals surface area contributed by atoms with Gasteiger partial charge in [0.15, 0.2) is 11.5 Å². The zero-order chi connectivity index (χ0) is 15.0. The molecule has 116 valence electrons. The van der Waals surface area contributed by atoms with Gasteiger partial charge >= 0.3 is 0 Å². The van der Waals surface area contributed by atoms with Crippen LogP contribution >= 0.6 is 11.6 Å². The van der Waals surface area contributed by atoms with Crippen LogP contribution in [0, 0.1) is 0 Å². The van der Waals surface area contributed by atoms with Crippen LogP contribution in [0.4, 0.5) is 0 Å². The van der Waals surface area contributed by atoms with Crippen LogP contribution in [0.1, 0.15) is 63.0 Å². The highest BCUT2D eigenvalue weighted by Crippen LogP contribution is 2.49. The number of nitrogens with two attached hydrogens (primary N) is 1. The zero-order valence-electron chi connectivity index (χ0n) is 12.9. The topological polar surface area (TPSA) is 44.5 Å². The molecule has 1 saturated carbocycles. The number of fused-ring (bicyclic) bond motifs is 1. The summed E-state index contributed by atoms with van der Waals surface area (Å²) < 4.78 is 11.8. The maximum Gasteiger partial charge on any atom is 0.180 e. The first-order valence-electron chi connectivity index (χ1n) is 7.94. The summed E-state index contributed by atoms with van der Waals surface area (Å²) >= 11 is 6.48. The van der Waals surface area contributed by atoms with Gasteiger partial charge in [0.05, 0.1) is 18.2 Å². The molecule has 0 aromatic heterocycles. The number of rotatable bonds is 2. The quantitative estimate of drug-likeness (QED) is 0.883. The molecule has 0 atom stereocenters. The molecule has 1 aliphatic carbocycles. The highest BCUT2D eigenvalue weighted by molar-refractivity contribution is 6.32. The van der Waals surface area contributed by atoms with Gasteiger partial charge in [0.25, 0.3) is 0 Å². The molecule has 1 heterocycles. The van der Waals surface area contributed by atoms with Crippen LogP contribution in [-0.4, -0.2) is 13.2 Å². The van der Waals surface area contributed by atoms with Crippen molar-refractivity contribution < 1.29 is 9.47 Å². The zero-order valence-corrected chi connectivity index (χ0v) is 13.6. The molecule has 0 spiro atoms. The molecule has 1 fully saturated rings. The van der Waals surface area contributed by atoms with Gasteiger partial charge in [-0.3, -0.25) is 0 Å². The third-order valence-electron chi connectivity index (χ3n) is 4.62. The van der Waals surface area contributed by atoms with Crippen molar-refractivity contribution >= 4 is 11.6 Å². The molecule has 0 radical (unpaired) electrons. The summed E-state index contributed by atoms with van der Waals surface area (Å²) in [4.78, 5) is 0. The van der Waals surface area contributed by atoms with Crippen molar-refractivity contribution in [3.8, 4) is 11.5 Å². The molecule has 0 unspecified atom stereocenters. The van der Waals surface area contributed by atoms with Gasteiger partial charge in [0.1, 0.15) is 0 Å². The fourth-order valence-electron chi connectivity index (χ4n) is 3.57. The highest BCUT2D eigenvalue weighted by atomic mass is 35.5. The summed E-state index contributed by atoms with van der Waals surface area (Å²) in [7, 11) is 0. The standard InChI is InChI=1S/C17H24ClNO2/c1-11(2)14-12(17(19)6-3-4-7-17)10-13(18)15-16(14)21-9-5-8-20-15/h10-11H,3-9,19H2,1-2H3. The van der Waals surface area contributed by atoms with Gasteiger partial charge in [-0.05, 0) is 30.4 Å². The molecule has 3 nitrogen and oxygen atoms in total. The van der Waals surface area contributed by atoms with E-state index in [4.69, 9.17) is 26.8 Å². The minimum Gasteiger partial charge on any atom is -0.489 e. The van der Waals surface area contributed by atoms with Crippen LogP contribution in [0.25, 0.3) is 0 Å². The summed E-state index contributed by atoms with van der Waals surface area (Å²) in [5, 5.41) is 0.628. The third kappa shape index (κ3) is 2.62. The first-order valence-corrected chi connectivity index (χ1v) is 8.32. The van der Waals surface area contributed by atoms with Crippen molar-refractivity contribution in [3.05, 3.63) is 22.2 Å². The molecule has 0 bridgehead atoms. The lowest BCUT2D eigenvalue weighted by atomic mass is 9.82. The lowest BCUT2D eigenvalue weighted by Gasteiger charge is -2.30. The van der Waals surface area contributed by atoms with Gasteiger partial charge in [0.2, 0.25) is 0 Å². The van der Waals surface area contributed by atoms with E-state index in [2.05, 4.69) is 13.8 Å². The lowest BCUT2D eigenvalue weighted by Crippen LogP contribution is -2.34. The molecule has 2 N–H and O–H groups in total. The Bertz CT molecular complexity index is 536. The van der Waals surface area contributed by atoms with E-state index in [-0.39, 0.29) is 5.54 Å². The van der Waals surface area contributed by atoms with E-state index in [9.17, 15) is 0 Å². The van der Waals surface area contributed by atoms with E-state index >= 15 is 0 Å². The second kappa shape index (κ2) is 5.69. The summed E-state index contributed by atoms with van der Waals surface area (Å²) in [6, 6.07) is 2.02. The van der Waals surface area contributed by atoms with E-state index in [0.717, 1.165) is 30.6 Å². The van der Waals surface area contributed by atoms with Crippen molar-refractivity contribution in [2.24, 2.45) is 5.73 Å². The lowest BCUT2D eigenvalue weighted by molar-refractivity contribution is 0.295. The van der Waals surface area contributed by atoms with Crippen LogP contribution in [0.3, 0.4) is 0 Å². The molecular weight excluding hydrogens is 286 g/mol. The molecule has 2 aliphatic rings. The minimum atomic E-state index is -0.270. The summed E-state index contributed by atoms with van der Waals surface area (Å²) in [6.45, 7) is 5.68. The second-order valence-corrected chi connectivity index (χ2v) is 6.95. The number of halogens is 1. The molecule has 0 saturated heterocycles. The second-order valence-electron chi connectivity index (χ2n) is 6.55. The molecule has 1 aliphatic heterocycles. The van der Waals surface area contributed by atoms with Crippen molar-refractivity contribution in [1.82, 2.24) is 0 Å². The number of hydrogen-bond donors (Lipinski definition) is 1. The Labute approximate surface area is 131 Å². The van der Waals surface area contributed by atoms with Crippen LogP contribution in [0.5, 0.6) is 11.5 Å². The van der Waals surface area contributed by atoms with Crippen LogP contribution in [0.15, 0.2) is 6.07 Å². The van der Waals surface area contributed by atoms with Gasteiger partial charge in [-0.25, -0.2) is 0 Å². The predicted octanol–water partition coefficient (Wildman–Crippen LogP) is 4.35. The van der Waals surface area contributed by atoms with E-state index in [1.807, 2.05) is 6.07 Å². The van der Waals surface area contributed by atoms with E-state index < -0.39 is 0 Å². The third-order valence-corrected chi connectivity index (χ3v) is 4.90. The Balaban J connectivity index is 2.20. The first-order chi connectivity index (χ1) is 10.0. The normalized spacial score (nSPS) is 20.6. The number of ether oxygens (including phenoxy) is 2. The summed E-state index contributed by atoms with van der Waals surface area (Å²) in [5.41, 5.74) is 8.77. The van der Waals surface area contributed by atoms with Crippen molar-refractivity contribution in [2.75, 3.05) is 13.2 Å². The maximum absolute atomic E-state index is 6.71. The average Bonchev–Trinajstić information content (AvgIpc) is 2.73. The van der Waals surface area contributed by atoms with E-state index in [1.54, 1.807) is 0 Å². The van der Waals surface area contributed by atoms with Gasteiger partial charge < -0.3 is 15.2 Å². The SMILES string of the molecule is CC(C)c1c(C2(N)CCCC2)cc(Cl)c2c1OCCCO2. The van der Waals surface area contributed by atoms with Gasteiger partial charge in [-0.1, -0.05) is 38.3 Å². The Morgan fingerprint density at radius 2 is 1.71 bits per heavy atom. The smallest absolute Gasteiger partial charge is 0.180 e. The van der Waals surface area contributed by atoms with Crippen LogP contribution < -0.4 is 15.2 Å². The molecule has 21 heavy (non-hydrogen) atoms. The molecule has 0 amide bonds. The first kappa shape index (κ1) is 15.0. The largest absolute Gasteiger partial charge is 0.489 e. The van der Waals surface area contributed by atoms with Gasteiger partial charge in [-0.2, -0.15) is 0 Å². The van der Waals surface area contributed by atoms with Crippen LogP contribution in [0.2, 0.25) is 5.02 Å². The Morgan fingerprint density at radius 1 is 1.10 bits per heavy atom. The molecule has 4 heteroatoms. The number of hydrogen-bond acceptors (Lipinski definition) is 3. The average molecular weight is 310 g/mol. The van der Waals surface area contributed by atoms with Crippen molar-refractivity contribution in [3.63, 3.8) is 0 Å². The minimum absolute atomic E-state index is 0.270. The molecule has 1 aromatic rings. The Kier molecular flexibility index (Phi) is 4.06. The molecule has 3 rings (SSSR count).